The van der Waals surface area contributed by atoms with Gasteiger partial charge in [-0.3, -0.25) is 9.80 Å². The quantitative estimate of drug-likeness (QED) is 0.783. The summed E-state index contributed by atoms with van der Waals surface area (Å²) in [6.45, 7) is 11.8. The van der Waals surface area contributed by atoms with Gasteiger partial charge in [0, 0.05) is 39.3 Å². The molecule has 5 nitrogen and oxygen atoms in total. The highest BCUT2D eigenvalue weighted by Gasteiger charge is 2.19. The molecule has 0 aromatic heterocycles. The zero-order valence-corrected chi connectivity index (χ0v) is 14.6. The van der Waals surface area contributed by atoms with E-state index >= 15 is 0 Å². The number of piperazine rings is 1. The van der Waals surface area contributed by atoms with Gasteiger partial charge in [-0.05, 0) is 31.9 Å². The van der Waals surface area contributed by atoms with Gasteiger partial charge in [-0.15, -0.1) is 0 Å². The Morgan fingerprint density at radius 1 is 1.04 bits per heavy atom. The van der Waals surface area contributed by atoms with Crippen LogP contribution in [-0.4, -0.2) is 78.6 Å². The Kier molecular flexibility index (Phi) is 6.84. The molecule has 130 valence electrons. The van der Waals surface area contributed by atoms with Crippen molar-refractivity contribution in [1.29, 1.82) is 0 Å². The summed E-state index contributed by atoms with van der Waals surface area (Å²) < 4.78 is 5.87. The lowest BCUT2D eigenvalue weighted by Crippen LogP contribution is -2.49. The van der Waals surface area contributed by atoms with E-state index in [9.17, 15) is 5.11 Å². The molecule has 2 N–H and O–H groups in total. The van der Waals surface area contributed by atoms with Crippen LogP contribution in [0.5, 0.6) is 5.75 Å². The van der Waals surface area contributed by atoms with Crippen molar-refractivity contribution in [2.24, 2.45) is 0 Å². The van der Waals surface area contributed by atoms with Gasteiger partial charge in [-0.2, -0.15) is 0 Å². The molecular formula is C18H30N2O3. The van der Waals surface area contributed by atoms with Crippen LogP contribution in [-0.2, 0) is 0 Å². The summed E-state index contributed by atoms with van der Waals surface area (Å²) >= 11 is 0. The Bertz CT molecular complexity index is 476. The molecule has 1 aliphatic rings. The lowest BCUT2D eigenvalue weighted by Gasteiger charge is -2.35. The molecule has 2 rings (SSSR count). The number of aliphatic hydroxyl groups is 2. The monoisotopic (exact) mass is 322 g/mol. The molecule has 23 heavy (non-hydrogen) atoms. The third-order valence-electron chi connectivity index (χ3n) is 4.37. The predicted octanol–water partition coefficient (Wildman–Crippen LogP) is 0.961. The molecule has 0 radical (unpaired) electrons. The molecule has 0 bridgehead atoms. The van der Waals surface area contributed by atoms with E-state index in [1.54, 1.807) is 0 Å². The molecule has 0 aliphatic carbocycles. The number of nitrogens with zero attached hydrogens (tertiary/aromatic N) is 2. The van der Waals surface area contributed by atoms with Gasteiger partial charge in [0.25, 0.3) is 0 Å². The number of hydrogen-bond donors (Lipinski definition) is 2. The zero-order valence-electron chi connectivity index (χ0n) is 14.6. The highest BCUT2D eigenvalue weighted by molar-refractivity contribution is 5.42. The lowest BCUT2D eigenvalue weighted by molar-refractivity contribution is 0.0425. The number of β-amino-alcohol motifs (C(OH)–C–C–N with tert-alkyl or cyclic N) is 2. The molecular weight excluding hydrogens is 292 g/mol. The van der Waals surface area contributed by atoms with Crippen LogP contribution in [0.25, 0.3) is 0 Å². The number of aliphatic hydroxyl groups excluding tert-OH is 2. The second kappa shape index (κ2) is 8.64. The van der Waals surface area contributed by atoms with Crippen molar-refractivity contribution in [1.82, 2.24) is 9.80 Å². The van der Waals surface area contributed by atoms with Crippen LogP contribution < -0.4 is 4.74 Å². The van der Waals surface area contributed by atoms with E-state index < -0.39 is 6.10 Å². The Labute approximate surface area is 139 Å². The summed E-state index contributed by atoms with van der Waals surface area (Å²) in [6.07, 6.45) is -0.487. The third kappa shape index (κ3) is 5.46. The average molecular weight is 322 g/mol. The molecule has 1 heterocycles. The van der Waals surface area contributed by atoms with E-state index in [1.165, 1.54) is 5.56 Å². The van der Waals surface area contributed by atoms with E-state index in [0.29, 0.717) is 13.2 Å². The molecule has 0 saturated carbocycles. The molecule has 1 aromatic carbocycles. The fourth-order valence-corrected chi connectivity index (χ4v) is 3.26. The highest BCUT2D eigenvalue weighted by atomic mass is 16.5. The molecule has 1 saturated heterocycles. The van der Waals surface area contributed by atoms with Crippen LogP contribution in [0.4, 0.5) is 0 Å². The van der Waals surface area contributed by atoms with Crippen LogP contribution in [0.2, 0.25) is 0 Å². The fraction of sp³-hybridized carbons (Fsp3) is 0.667. The van der Waals surface area contributed by atoms with Gasteiger partial charge < -0.3 is 14.9 Å². The molecule has 1 unspecified atom stereocenters. The van der Waals surface area contributed by atoms with Crippen LogP contribution >= 0.6 is 0 Å². The largest absolute Gasteiger partial charge is 0.490 e. The predicted molar refractivity (Wildman–Crippen MR) is 92.1 cm³/mol. The maximum atomic E-state index is 10.2. The van der Waals surface area contributed by atoms with Crippen LogP contribution in [0, 0.1) is 20.8 Å². The van der Waals surface area contributed by atoms with E-state index in [0.717, 1.165) is 49.6 Å². The van der Waals surface area contributed by atoms with Gasteiger partial charge in [0.15, 0.2) is 0 Å². The molecule has 0 spiro atoms. The fourth-order valence-electron chi connectivity index (χ4n) is 3.26. The molecule has 1 fully saturated rings. The first-order valence-electron chi connectivity index (χ1n) is 8.44. The Balaban J connectivity index is 1.77. The number of ether oxygens (including phenoxy) is 1. The second-order valence-corrected chi connectivity index (χ2v) is 6.56. The Morgan fingerprint density at radius 3 is 2.17 bits per heavy atom. The van der Waals surface area contributed by atoms with Gasteiger partial charge in [0.2, 0.25) is 0 Å². The lowest BCUT2D eigenvalue weighted by atomic mass is 10.1. The number of rotatable bonds is 7. The van der Waals surface area contributed by atoms with E-state index in [2.05, 4.69) is 28.9 Å². The number of benzene rings is 1. The minimum absolute atomic E-state index is 0.214. The first-order valence-corrected chi connectivity index (χ1v) is 8.44. The number of aryl methyl sites for hydroxylation is 3. The van der Waals surface area contributed by atoms with E-state index in [1.807, 2.05) is 13.8 Å². The first kappa shape index (κ1) is 18.2. The molecule has 1 aliphatic heterocycles. The van der Waals surface area contributed by atoms with Gasteiger partial charge >= 0.3 is 0 Å². The van der Waals surface area contributed by atoms with Gasteiger partial charge in [-0.25, -0.2) is 0 Å². The smallest absolute Gasteiger partial charge is 0.125 e. The Hall–Kier alpha value is -1.14. The second-order valence-electron chi connectivity index (χ2n) is 6.56. The first-order chi connectivity index (χ1) is 11.0. The molecule has 5 heteroatoms. The van der Waals surface area contributed by atoms with E-state index in [-0.39, 0.29) is 6.61 Å². The summed E-state index contributed by atoms with van der Waals surface area (Å²) in [5.74, 6) is 0.891. The minimum Gasteiger partial charge on any atom is -0.490 e. The Morgan fingerprint density at radius 2 is 1.61 bits per heavy atom. The van der Waals surface area contributed by atoms with Crippen LogP contribution in [0.15, 0.2) is 12.1 Å². The van der Waals surface area contributed by atoms with Gasteiger partial charge in [0.05, 0.1) is 6.61 Å². The standard InChI is InChI=1S/C18H30N2O3/c1-14-10-15(2)18(16(3)11-14)23-13-17(22)12-20-6-4-19(5-7-20)8-9-21/h10-11,17,21-22H,4-9,12-13H2,1-3H3. The van der Waals surface area contributed by atoms with Gasteiger partial charge in [0.1, 0.15) is 18.5 Å². The van der Waals surface area contributed by atoms with Gasteiger partial charge in [-0.1, -0.05) is 17.7 Å². The molecule has 0 amide bonds. The maximum Gasteiger partial charge on any atom is 0.125 e. The topological polar surface area (TPSA) is 56.2 Å². The maximum absolute atomic E-state index is 10.2. The van der Waals surface area contributed by atoms with Crippen LogP contribution in [0.3, 0.4) is 0 Å². The third-order valence-corrected chi connectivity index (χ3v) is 4.37. The summed E-state index contributed by atoms with van der Waals surface area (Å²) in [6, 6.07) is 4.21. The van der Waals surface area contributed by atoms with Crippen molar-refractivity contribution in [2.75, 3.05) is 52.5 Å². The highest BCUT2D eigenvalue weighted by Crippen LogP contribution is 2.24. The normalized spacial score (nSPS) is 18.1. The van der Waals surface area contributed by atoms with Crippen molar-refractivity contribution in [3.8, 4) is 5.75 Å². The molecule has 1 aromatic rings. The zero-order chi connectivity index (χ0) is 16.8. The van der Waals surface area contributed by atoms with Crippen molar-refractivity contribution in [3.63, 3.8) is 0 Å². The van der Waals surface area contributed by atoms with Crippen molar-refractivity contribution in [3.05, 3.63) is 28.8 Å². The summed E-state index contributed by atoms with van der Waals surface area (Å²) in [4.78, 5) is 4.51. The summed E-state index contributed by atoms with van der Waals surface area (Å²) in [5.41, 5.74) is 3.47. The van der Waals surface area contributed by atoms with E-state index in [4.69, 9.17) is 9.84 Å². The number of hydrogen-bond acceptors (Lipinski definition) is 5. The van der Waals surface area contributed by atoms with Crippen molar-refractivity contribution >= 4 is 0 Å². The molecule has 1 atom stereocenters. The summed E-state index contributed by atoms with van der Waals surface area (Å²) in [7, 11) is 0. The average Bonchev–Trinajstić information content (AvgIpc) is 2.48. The van der Waals surface area contributed by atoms with Crippen molar-refractivity contribution in [2.45, 2.75) is 26.9 Å². The van der Waals surface area contributed by atoms with Crippen LogP contribution in [0.1, 0.15) is 16.7 Å². The minimum atomic E-state index is -0.487. The summed E-state index contributed by atoms with van der Waals surface area (Å²) in [5, 5.41) is 19.2. The SMILES string of the molecule is Cc1cc(C)c(OCC(O)CN2CCN(CCO)CC2)c(C)c1. The van der Waals surface area contributed by atoms with Crippen molar-refractivity contribution < 1.29 is 14.9 Å².